The number of nitro benzene ring substituents is 1. The van der Waals surface area contributed by atoms with Crippen LogP contribution in [0.5, 0.6) is 0 Å². The molecule has 1 aliphatic heterocycles. The molecule has 6 heteroatoms. The minimum absolute atomic E-state index is 0.0619. The molecular weight excluding hydrogens is 272 g/mol. The molecule has 0 amide bonds. The molecule has 112 valence electrons. The second-order valence-corrected chi connectivity index (χ2v) is 5.99. The monoisotopic (exact) mass is 290 g/mol. The van der Waals surface area contributed by atoms with Gasteiger partial charge in [-0.05, 0) is 30.2 Å². The molecule has 1 heterocycles. The summed E-state index contributed by atoms with van der Waals surface area (Å²) < 4.78 is 0. The van der Waals surface area contributed by atoms with Gasteiger partial charge in [-0.15, -0.1) is 0 Å². The number of benzene rings is 1. The quantitative estimate of drug-likeness (QED) is 0.679. The first-order valence-electron chi connectivity index (χ1n) is 7.26. The van der Waals surface area contributed by atoms with Crippen molar-refractivity contribution in [3.8, 4) is 0 Å². The van der Waals surface area contributed by atoms with Gasteiger partial charge in [0.1, 0.15) is 6.04 Å². The Morgan fingerprint density at radius 2 is 2.05 bits per heavy atom. The van der Waals surface area contributed by atoms with Crippen LogP contribution >= 0.6 is 0 Å². The van der Waals surface area contributed by atoms with Crippen LogP contribution < -0.4 is 0 Å². The van der Waals surface area contributed by atoms with Crippen LogP contribution in [0.4, 0.5) is 5.69 Å². The molecule has 1 aromatic rings. The molecule has 1 saturated carbocycles. The van der Waals surface area contributed by atoms with Crippen molar-refractivity contribution in [2.24, 2.45) is 11.8 Å². The minimum Gasteiger partial charge on any atom is -0.480 e. The molecule has 0 aromatic heterocycles. The Kier molecular flexibility index (Phi) is 3.63. The van der Waals surface area contributed by atoms with Crippen LogP contribution in [0.2, 0.25) is 0 Å². The summed E-state index contributed by atoms with van der Waals surface area (Å²) in [6, 6.07) is 5.97. The lowest BCUT2D eigenvalue weighted by Gasteiger charge is -2.24. The summed E-state index contributed by atoms with van der Waals surface area (Å²) in [5, 5.41) is 20.1. The molecule has 1 saturated heterocycles. The average molecular weight is 290 g/mol. The maximum Gasteiger partial charge on any atom is 0.321 e. The highest BCUT2D eigenvalue weighted by molar-refractivity contribution is 5.74. The Hall–Kier alpha value is -1.95. The van der Waals surface area contributed by atoms with E-state index in [1.165, 1.54) is 12.1 Å². The molecule has 3 unspecified atom stereocenters. The zero-order chi connectivity index (χ0) is 15.0. The van der Waals surface area contributed by atoms with Crippen molar-refractivity contribution in [3.63, 3.8) is 0 Å². The molecule has 0 spiro atoms. The number of carboxylic acid groups (broad SMARTS) is 1. The number of non-ortho nitro benzene ring substituents is 1. The second kappa shape index (κ2) is 5.44. The molecular formula is C15H18N2O4. The fourth-order valence-corrected chi connectivity index (χ4v) is 3.85. The number of aliphatic carboxylic acids is 1. The highest BCUT2D eigenvalue weighted by Gasteiger charge is 2.47. The zero-order valence-corrected chi connectivity index (χ0v) is 11.6. The lowest BCUT2D eigenvalue weighted by atomic mass is 9.94. The number of rotatable bonds is 4. The predicted molar refractivity (Wildman–Crippen MR) is 75.8 cm³/mol. The maximum absolute atomic E-state index is 11.6. The third-order valence-corrected chi connectivity index (χ3v) is 4.77. The van der Waals surface area contributed by atoms with E-state index in [9.17, 15) is 20.0 Å². The first-order valence-corrected chi connectivity index (χ1v) is 7.26. The van der Waals surface area contributed by atoms with Crippen LogP contribution in [0, 0.1) is 22.0 Å². The molecule has 6 nitrogen and oxygen atoms in total. The zero-order valence-electron chi connectivity index (χ0n) is 11.6. The van der Waals surface area contributed by atoms with Crippen LogP contribution in [0.15, 0.2) is 24.3 Å². The van der Waals surface area contributed by atoms with Crippen LogP contribution in [0.1, 0.15) is 24.8 Å². The largest absolute Gasteiger partial charge is 0.480 e. The average Bonchev–Trinajstić information content (AvgIpc) is 2.98. The Morgan fingerprint density at radius 3 is 2.67 bits per heavy atom. The summed E-state index contributed by atoms with van der Waals surface area (Å²) in [5.41, 5.74) is 0.985. The van der Waals surface area contributed by atoms with Crippen molar-refractivity contribution in [2.45, 2.75) is 31.8 Å². The van der Waals surface area contributed by atoms with Gasteiger partial charge in [-0.3, -0.25) is 19.8 Å². The summed E-state index contributed by atoms with van der Waals surface area (Å²) in [6.07, 6.45) is 3.24. The van der Waals surface area contributed by atoms with E-state index in [-0.39, 0.29) is 11.6 Å². The number of hydrogen-bond acceptors (Lipinski definition) is 4. The van der Waals surface area contributed by atoms with E-state index in [2.05, 4.69) is 0 Å². The lowest BCUT2D eigenvalue weighted by molar-refractivity contribution is -0.384. The third-order valence-electron chi connectivity index (χ3n) is 4.77. The van der Waals surface area contributed by atoms with E-state index < -0.39 is 16.9 Å². The molecule has 1 N–H and O–H groups in total. The molecule has 21 heavy (non-hydrogen) atoms. The predicted octanol–water partition coefficient (Wildman–Crippen LogP) is 2.28. The van der Waals surface area contributed by atoms with Crippen LogP contribution in [0.3, 0.4) is 0 Å². The van der Waals surface area contributed by atoms with Gasteiger partial charge in [0.2, 0.25) is 0 Å². The van der Waals surface area contributed by atoms with Gasteiger partial charge >= 0.3 is 5.97 Å². The highest BCUT2D eigenvalue weighted by atomic mass is 16.6. The number of likely N-dealkylation sites (tertiary alicyclic amines) is 1. The van der Waals surface area contributed by atoms with Gasteiger partial charge < -0.3 is 5.11 Å². The Bertz CT molecular complexity index is 557. The van der Waals surface area contributed by atoms with E-state index in [1.807, 2.05) is 4.90 Å². The van der Waals surface area contributed by atoms with Gasteiger partial charge in [0.15, 0.2) is 0 Å². The van der Waals surface area contributed by atoms with E-state index in [1.54, 1.807) is 12.1 Å². The van der Waals surface area contributed by atoms with Crippen molar-refractivity contribution in [3.05, 3.63) is 39.9 Å². The molecule has 0 radical (unpaired) electrons. The van der Waals surface area contributed by atoms with Crippen molar-refractivity contribution < 1.29 is 14.8 Å². The van der Waals surface area contributed by atoms with Gasteiger partial charge in [-0.25, -0.2) is 0 Å². The first-order chi connectivity index (χ1) is 10.1. The van der Waals surface area contributed by atoms with Gasteiger partial charge in [0.25, 0.3) is 5.69 Å². The number of nitro groups is 1. The van der Waals surface area contributed by atoms with Crippen molar-refractivity contribution >= 4 is 11.7 Å². The second-order valence-electron chi connectivity index (χ2n) is 5.99. The van der Waals surface area contributed by atoms with E-state index in [4.69, 9.17) is 0 Å². The maximum atomic E-state index is 11.6. The normalized spacial score (nSPS) is 28.5. The summed E-state index contributed by atoms with van der Waals surface area (Å²) in [7, 11) is 0. The Labute approximate surface area is 122 Å². The van der Waals surface area contributed by atoms with Crippen molar-refractivity contribution in [1.29, 1.82) is 0 Å². The Morgan fingerprint density at radius 1 is 1.33 bits per heavy atom. The molecule has 2 fully saturated rings. The van der Waals surface area contributed by atoms with E-state index in [0.717, 1.165) is 31.4 Å². The van der Waals surface area contributed by atoms with Crippen LogP contribution in [0.25, 0.3) is 0 Å². The van der Waals surface area contributed by atoms with Crippen LogP contribution in [-0.2, 0) is 11.3 Å². The smallest absolute Gasteiger partial charge is 0.321 e. The standard InChI is InChI=1S/C15H18N2O4/c18-15(19)14-13-3-1-2-11(13)9-16(14)8-10-4-6-12(7-5-10)17(20)21/h4-7,11,13-14H,1-3,8-9H2,(H,18,19). The molecule has 2 aliphatic rings. The minimum atomic E-state index is -0.744. The van der Waals surface area contributed by atoms with Gasteiger partial charge in [0.05, 0.1) is 4.92 Å². The van der Waals surface area contributed by atoms with E-state index >= 15 is 0 Å². The topological polar surface area (TPSA) is 83.7 Å². The molecule has 3 rings (SSSR count). The molecule has 3 atom stereocenters. The Balaban J connectivity index is 1.74. The fourth-order valence-electron chi connectivity index (χ4n) is 3.85. The fraction of sp³-hybridized carbons (Fsp3) is 0.533. The summed E-state index contributed by atoms with van der Waals surface area (Å²) >= 11 is 0. The van der Waals surface area contributed by atoms with Gasteiger partial charge in [-0.2, -0.15) is 0 Å². The number of nitrogens with zero attached hydrogens (tertiary/aromatic N) is 2. The highest BCUT2D eigenvalue weighted by Crippen LogP contribution is 2.42. The summed E-state index contributed by atoms with van der Waals surface area (Å²) in [6.45, 7) is 1.36. The molecule has 0 bridgehead atoms. The molecule has 1 aliphatic carbocycles. The van der Waals surface area contributed by atoms with E-state index in [0.29, 0.717) is 12.5 Å². The van der Waals surface area contributed by atoms with Crippen molar-refractivity contribution in [1.82, 2.24) is 4.90 Å². The number of carbonyl (C=O) groups is 1. The summed E-state index contributed by atoms with van der Waals surface area (Å²) in [5.74, 6) is 0.0102. The SMILES string of the molecule is O=C(O)C1C2CCCC2CN1Cc1ccc([N+](=O)[O-])cc1. The van der Waals surface area contributed by atoms with Crippen molar-refractivity contribution in [2.75, 3.05) is 6.54 Å². The van der Waals surface area contributed by atoms with Gasteiger partial charge in [0, 0.05) is 25.2 Å². The molecule has 1 aromatic carbocycles. The first kappa shape index (κ1) is 14.0. The number of hydrogen-bond donors (Lipinski definition) is 1. The lowest BCUT2D eigenvalue weighted by Crippen LogP contribution is -2.39. The summed E-state index contributed by atoms with van der Waals surface area (Å²) in [4.78, 5) is 23.8. The third kappa shape index (κ3) is 2.63. The van der Waals surface area contributed by atoms with Gasteiger partial charge in [-0.1, -0.05) is 18.6 Å². The van der Waals surface area contributed by atoms with Crippen LogP contribution in [-0.4, -0.2) is 33.5 Å². The number of carboxylic acids is 1. The number of fused-ring (bicyclic) bond motifs is 1.